The standard InChI is InChI=1S/C20H20BrNO3/c1-15(2)25-18-10-8-16(9-11-18)20(23)22-12-3-4-13-24-19-7-5-6-17(21)14-19/h5-11,14-15H,12-13H2,1-2H3,(H,22,23). The van der Waals surface area contributed by atoms with Gasteiger partial charge in [0.1, 0.15) is 18.1 Å². The number of benzene rings is 2. The van der Waals surface area contributed by atoms with Crippen molar-refractivity contribution >= 4 is 21.8 Å². The molecule has 0 atom stereocenters. The average molecular weight is 402 g/mol. The molecule has 2 rings (SSSR count). The van der Waals surface area contributed by atoms with Crippen molar-refractivity contribution in [1.82, 2.24) is 5.32 Å². The number of rotatable bonds is 6. The van der Waals surface area contributed by atoms with Crippen molar-refractivity contribution in [3.05, 3.63) is 58.6 Å². The van der Waals surface area contributed by atoms with Crippen LogP contribution in [0, 0.1) is 11.8 Å². The molecule has 0 aliphatic heterocycles. The zero-order chi connectivity index (χ0) is 18.1. The fraction of sp³-hybridized carbons (Fsp3) is 0.250. The van der Waals surface area contributed by atoms with E-state index in [0.717, 1.165) is 16.0 Å². The van der Waals surface area contributed by atoms with Gasteiger partial charge in [-0.15, -0.1) is 0 Å². The van der Waals surface area contributed by atoms with Crippen molar-refractivity contribution in [1.29, 1.82) is 0 Å². The number of amides is 1. The van der Waals surface area contributed by atoms with Crippen LogP contribution >= 0.6 is 15.9 Å². The highest BCUT2D eigenvalue weighted by Gasteiger charge is 2.04. The molecule has 0 radical (unpaired) electrons. The first-order valence-electron chi connectivity index (χ1n) is 7.93. The lowest BCUT2D eigenvalue weighted by molar-refractivity contribution is 0.0958. The zero-order valence-corrected chi connectivity index (χ0v) is 15.8. The largest absolute Gasteiger partial charge is 0.491 e. The van der Waals surface area contributed by atoms with Crippen molar-refractivity contribution < 1.29 is 14.3 Å². The third-order valence-electron chi connectivity index (χ3n) is 3.06. The van der Waals surface area contributed by atoms with Crippen LogP contribution in [0.3, 0.4) is 0 Å². The Morgan fingerprint density at radius 1 is 1.12 bits per heavy atom. The van der Waals surface area contributed by atoms with Gasteiger partial charge >= 0.3 is 0 Å². The topological polar surface area (TPSA) is 47.6 Å². The van der Waals surface area contributed by atoms with E-state index in [1.807, 2.05) is 38.1 Å². The summed E-state index contributed by atoms with van der Waals surface area (Å²) in [6.07, 6.45) is 0.106. The Labute approximate surface area is 156 Å². The van der Waals surface area contributed by atoms with Crippen molar-refractivity contribution in [2.45, 2.75) is 20.0 Å². The van der Waals surface area contributed by atoms with Gasteiger partial charge in [0.25, 0.3) is 5.91 Å². The monoisotopic (exact) mass is 401 g/mol. The minimum atomic E-state index is -0.168. The van der Waals surface area contributed by atoms with Gasteiger partial charge in [0.05, 0.1) is 12.6 Å². The second kappa shape index (κ2) is 9.75. The third-order valence-corrected chi connectivity index (χ3v) is 3.55. The van der Waals surface area contributed by atoms with Crippen LogP contribution in [-0.4, -0.2) is 25.2 Å². The van der Waals surface area contributed by atoms with Crippen LogP contribution in [-0.2, 0) is 0 Å². The SMILES string of the molecule is CC(C)Oc1ccc(C(=O)NCC#CCOc2cccc(Br)c2)cc1. The maximum absolute atomic E-state index is 12.0. The lowest BCUT2D eigenvalue weighted by Crippen LogP contribution is -2.23. The highest BCUT2D eigenvalue weighted by atomic mass is 79.9. The van der Waals surface area contributed by atoms with Crippen molar-refractivity contribution in [2.24, 2.45) is 0 Å². The summed E-state index contributed by atoms with van der Waals surface area (Å²) in [5, 5.41) is 2.75. The number of nitrogens with one attached hydrogen (secondary N) is 1. The molecule has 130 valence electrons. The predicted molar refractivity (Wildman–Crippen MR) is 102 cm³/mol. The summed E-state index contributed by atoms with van der Waals surface area (Å²) in [4.78, 5) is 12.0. The Kier molecular flexibility index (Phi) is 7.36. The van der Waals surface area contributed by atoms with Crippen molar-refractivity contribution in [3.63, 3.8) is 0 Å². The molecule has 0 bridgehead atoms. The summed E-state index contributed by atoms with van der Waals surface area (Å²) in [6, 6.07) is 14.6. The maximum atomic E-state index is 12.0. The summed E-state index contributed by atoms with van der Waals surface area (Å²) < 4.78 is 12.0. The minimum Gasteiger partial charge on any atom is -0.491 e. The molecule has 4 nitrogen and oxygen atoms in total. The Morgan fingerprint density at radius 3 is 2.56 bits per heavy atom. The maximum Gasteiger partial charge on any atom is 0.252 e. The van der Waals surface area contributed by atoms with Crippen molar-refractivity contribution in [2.75, 3.05) is 13.2 Å². The first-order chi connectivity index (χ1) is 12.0. The fourth-order valence-corrected chi connectivity index (χ4v) is 2.35. The molecule has 0 aliphatic carbocycles. The number of hydrogen-bond donors (Lipinski definition) is 1. The van der Waals surface area contributed by atoms with Gasteiger partial charge in [0, 0.05) is 10.0 Å². The van der Waals surface area contributed by atoms with Gasteiger partial charge in [0.15, 0.2) is 0 Å². The summed E-state index contributed by atoms with van der Waals surface area (Å²) in [6.45, 7) is 4.46. The smallest absolute Gasteiger partial charge is 0.252 e. The van der Waals surface area contributed by atoms with Crippen LogP contribution in [0.1, 0.15) is 24.2 Å². The first-order valence-corrected chi connectivity index (χ1v) is 8.73. The van der Waals surface area contributed by atoms with E-state index in [9.17, 15) is 4.79 Å². The molecule has 2 aromatic rings. The molecule has 0 saturated carbocycles. The summed E-state index contributed by atoms with van der Waals surface area (Å²) in [5.41, 5.74) is 0.572. The van der Waals surface area contributed by atoms with Gasteiger partial charge in [-0.2, -0.15) is 0 Å². The Balaban J connectivity index is 1.73. The van der Waals surface area contributed by atoms with E-state index in [1.54, 1.807) is 24.3 Å². The van der Waals surface area contributed by atoms with E-state index in [-0.39, 0.29) is 25.2 Å². The highest BCUT2D eigenvalue weighted by molar-refractivity contribution is 9.10. The molecule has 0 unspecified atom stereocenters. The Morgan fingerprint density at radius 2 is 1.88 bits per heavy atom. The van der Waals surface area contributed by atoms with Crippen LogP contribution in [0.15, 0.2) is 53.0 Å². The molecule has 1 N–H and O–H groups in total. The number of halogens is 1. The second-order valence-electron chi connectivity index (χ2n) is 5.47. The van der Waals surface area contributed by atoms with E-state index >= 15 is 0 Å². The summed E-state index contributed by atoms with van der Waals surface area (Å²) >= 11 is 3.38. The molecule has 25 heavy (non-hydrogen) atoms. The molecule has 0 aromatic heterocycles. The van der Waals surface area contributed by atoms with Crippen LogP contribution in [0.4, 0.5) is 0 Å². The van der Waals surface area contributed by atoms with E-state index < -0.39 is 0 Å². The van der Waals surface area contributed by atoms with Crippen LogP contribution in [0.25, 0.3) is 0 Å². The molecule has 0 saturated heterocycles. The lowest BCUT2D eigenvalue weighted by atomic mass is 10.2. The van der Waals surface area contributed by atoms with Gasteiger partial charge in [-0.3, -0.25) is 4.79 Å². The number of carbonyl (C=O) groups excluding carboxylic acids is 1. The normalized spacial score (nSPS) is 9.92. The Hall–Kier alpha value is -2.45. The van der Waals surface area contributed by atoms with E-state index in [1.165, 1.54) is 0 Å². The highest BCUT2D eigenvalue weighted by Crippen LogP contribution is 2.17. The molecule has 0 heterocycles. The number of ether oxygens (including phenoxy) is 2. The summed E-state index contributed by atoms with van der Waals surface area (Å²) in [7, 11) is 0. The molecule has 5 heteroatoms. The molecule has 0 fully saturated rings. The zero-order valence-electron chi connectivity index (χ0n) is 14.2. The molecular formula is C20H20BrNO3. The van der Waals surface area contributed by atoms with Crippen LogP contribution in [0.5, 0.6) is 11.5 Å². The van der Waals surface area contributed by atoms with Crippen LogP contribution < -0.4 is 14.8 Å². The third kappa shape index (κ3) is 6.90. The van der Waals surface area contributed by atoms with Gasteiger partial charge in [-0.1, -0.05) is 33.8 Å². The van der Waals surface area contributed by atoms with Crippen LogP contribution in [0.2, 0.25) is 0 Å². The van der Waals surface area contributed by atoms with Gasteiger partial charge in [-0.05, 0) is 56.3 Å². The van der Waals surface area contributed by atoms with E-state index in [0.29, 0.717) is 5.56 Å². The first kappa shape index (κ1) is 18.9. The molecule has 2 aromatic carbocycles. The number of hydrogen-bond acceptors (Lipinski definition) is 3. The quantitative estimate of drug-likeness (QED) is 0.742. The Bertz CT molecular complexity index is 761. The van der Waals surface area contributed by atoms with E-state index in [2.05, 4.69) is 33.1 Å². The van der Waals surface area contributed by atoms with E-state index in [4.69, 9.17) is 9.47 Å². The van der Waals surface area contributed by atoms with Gasteiger partial charge in [0.2, 0.25) is 0 Å². The molecule has 1 amide bonds. The molecule has 0 spiro atoms. The fourth-order valence-electron chi connectivity index (χ4n) is 1.97. The summed E-state index contributed by atoms with van der Waals surface area (Å²) in [5.74, 6) is 7.06. The lowest BCUT2D eigenvalue weighted by Gasteiger charge is -2.09. The minimum absolute atomic E-state index is 0.106. The van der Waals surface area contributed by atoms with Gasteiger partial charge in [-0.25, -0.2) is 0 Å². The van der Waals surface area contributed by atoms with Crippen molar-refractivity contribution in [3.8, 4) is 23.3 Å². The predicted octanol–water partition coefficient (Wildman–Crippen LogP) is 4.05. The second-order valence-corrected chi connectivity index (χ2v) is 6.39. The van der Waals surface area contributed by atoms with Gasteiger partial charge < -0.3 is 14.8 Å². The number of carbonyl (C=O) groups is 1. The molecule has 0 aliphatic rings. The molecular weight excluding hydrogens is 382 g/mol. The average Bonchev–Trinajstić information content (AvgIpc) is 2.58.